The number of hydrogen-bond donors (Lipinski definition) is 1. The van der Waals surface area contributed by atoms with Crippen LogP contribution in [0.25, 0.3) is 0 Å². The van der Waals surface area contributed by atoms with Gasteiger partial charge in [-0.2, -0.15) is 0 Å². The first-order valence-corrected chi connectivity index (χ1v) is 11.1. The molecule has 0 aliphatic rings. The Morgan fingerprint density at radius 3 is 1.97 bits per heavy atom. The van der Waals surface area contributed by atoms with Crippen molar-refractivity contribution >= 4 is 17.8 Å². The molecule has 182 valence electrons. The van der Waals surface area contributed by atoms with Crippen molar-refractivity contribution in [2.75, 3.05) is 7.11 Å². The Bertz CT molecular complexity index is 1130. The average Bonchev–Trinajstić information content (AvgIpc) is 2.85. The third kappa shape index (κ3) is 6.44. The molecule has 2 atom stereocenters. The van der Waals surface area contributed by atoms with Crippen molar-refractivity contribution in [3.8, 4) is 11.5 Å². The molecule has 1 heterocycles. The Morgan fingerprint density at radius 1 is 0.886 bits per heavy atom. The molecule has 0 aliphatic heterocycles. The number of esters is 2. The van der Waals surface area contributed by atoms with Crippen molar-refractivity contribution < 1.29 is 28.6 Å². The van der Waals surface area contributed by atoms with E-state index in [-0.39, 0.29) is 23.1 Å². The minimum absolute atomic E-state index is 0.123. The Morgan fingerprint density at radius 2 is 1.46 bits per heavy atom. The van der Waals surface area contributed by atoms with Crippen molar-refractivity contribution in [1.29, 1.82) is 0 Å². The minimum Gasteiger partial charge on any atom is -0.493 e. The second-order valence-electron chi connectivity index (χ2n) is 7.92. The number of nitrogens with one attached hydrogen (secondary N) is 1. The number of aromatic nitrogens is 1. The molecule has 0 radical (unpaired) electrons. The summed E-state index contributed by atoms with van der Waals surface area (Å²) in [5.41, 5.74) is 1.82. The largest absolute Gasteiger partial charge is 0.493 e. The quantitative estimate of drug-likeness (QED) is 0.467. The van der Waals surface area contributed by atoms with E-state index >= 15 is 0 Å². The van der Waals surface area contributed by atoms with Gasteiger partial charge in [0.05, 0.1) is 7.11 Å². The molecule has 8 nitrogen and oxygen atoms in total. The predicted octanol–water partition coefficient (Wildman–Crippen LogP) is 3.90. The van der Waals surface area contributed by atoms with Gasteiger partial charge >= 0.3 is 11.9 Å². The first-order chi connectivity index (χ1) is 16.8. The molecule has 0 fully saturated rings. The smallest absolute Gasteiger partial charge is 0.328 e. The lowest BCUT2D eigenvalue weighted by Gasteiger charge is -2.26. The topological polar surface area (TPSA) is 104 Å². The van der Waals surface area contributed by atoms with Gasteiger partial charge in [-0.05, 0) is 25.0 Å². The molecule has 0 aliphatic carbocycles. The van der Waals surface area contributed by atoms with Crippen molar-refractivity contribution in [2.45, 2.75) is 38.8 Å². The van der Waals surface area contributed by atoms with Crippen LogP contribution in [0, 0.1) is 0 Å². The monoisotopic (exact) mass is 476 g/mol. The summed E-state index contributed by atoms with van der Waals surface area (Å²) in [5, 5.41) is 2.56. The zero-order valence-corrected chi connectivity index (χ0v) is 20.1. The average molecular weight is 477 g/mol. The van der Waals surface area contributed by atoms with E-state index in [4.69, 9.17) is 14.2 Å². The summed E-state index contributed by atoms with van der Waals surface area (Å²) in [7, 11) is 1.38. The molecule has 0 saturated heterocycles. The number of rotatable bonds is 9. The van der Waals surface area contributed by atoms with E-state index < -0.39 is 30.0 Å². The van der Waals surface area contributed by atoms with Crippen molar-refractivity contribution in [3.05, 3.63) is 89.7 Å². The van der Waals surface area contributed by atoms with Gasteiger partial charge in [-0.1, -0.05) is 60.7 Å². The molecule has 1 amide bonds. The van der Waals surface area contributed by atoms with Crippen LogP contribution in [-0.2, 0) is 14.3 Å². The highest BCUT2D eigenvalue weighted by molar-refractivity contribution is 5.98. The summed E-state index contributed by atoms with van der Waals surface area (Å²) in [4.78, 5) is 41.3. The molecule has 1 aromatic heterocycles. The SMILES string of the molecule is COc1ccnc(C(=O)N[C@@H](C)C(=O)O[C@@H](C)C(c2ccccc2)c2ccccc2)c1OC(C)=O. The fraction of sp³-hybridized carbons (Fsp3) is 0.259. The van der Waals surface area contributed by atoms with Gasteiger partial charge in [-0.25, -0.2) is 9.78 Å². The Labute approximate surface area is 204 Å². The van der Waals surface area contributed by atoms with Crippen LogP contribution in [-0.4, -0.2) is 42.1 Å². The third-order valence-corrected chi connectivity index (χ3v) is 5.34. The lowest BCUT2D eigenvalue weighted by atomic mass is 9.87. The van der Waals surface area contributed by atoms with E-state index in [0.717, 1.165) is 11.1 Å². The van der Waals surface area contributed by atoms with E-state index in [1.807, 2.05) is 67.6 Å². The summed E-state index contributed by atoms with van der Waals surface area (Å²) < 4.78 is 16.1. The second-order valence-corrected chi connectivity index (χ2v) is 7.92. The summed E-state index contributed by atoms with van der Waals surface area (Å²) in [5.74, 6) is -2.11. The number of pyridine rings is 1. The molecule has 3 aromatic rings. The van der Waals surface area contributed by atoms with E-state index in [9.17, 15) is 14.4 Å². The molecule has 8 heteroatoms. The van der Waals surface area contributed by atoms with Gasteiger partial charge in [0.1, 0.15) is 12.1 Å². The zero-order chi connectivity index (χ0) is 25.4. The fourth-order valence-corrected chi connectivity index (χ4v) is 3.73. The van der Waals surface area contributed by atoms with E-state index in [2.05, 4.69) is 10.3 Å². The summed E-state index contributed by atoms with van der Waals surface area (Å²) in [6.07, 6.45) is 0.828. The number of carbonyl (C=O) groups is 3. The van der Waals surface area contributed by atoms with Crippen molar-refractivity contribution in [3.63, 3.8) is 0 Å². The first kappa shape index (κ1) is 25.4. The number of carbonyl (C=O) groups excluding carboxylic acids is 3. The van der Waals surface area contributed by atoms with E-state index in [1.165, 1.54) is 33.2 Å². The minimum atomic E-state index is -0.990. The standard InChI is InChI=1S/C27H28N2O6/c1-17(29-26(31)24-25(35-19(3)30)22(33-4)15-16-28-24)27(32)34-18(2)23(20-11-7-5-8-12-20)21-13-9-6-10-14-21/h5-18,23H,1-4H3,(H,29,31)/t17-,18-/m0/s1. The third-order valence-electron chi connectivity index (χ3n) is 5.34. The maximum absolute atomic E-state index is 12.9. The lowest BCUT2D eigenvalue weighted by Crippen LogP contribution is -2.41. The van der Waals surface area contributed by atoms with Crippen LogP contribution in [0.3, 0.4) is 0 Å². The van der Waals surface area contributed by atoms with Gasteiger partial charge in [-0.15, -0.1) is 0 Å². The van der Waals surface area contributed by atoms with Gasteiger partial charge in [0.25, 0.3) is 5.91 Å². The molecule has 0 spiro atoms. The fourth-order valence-electron chi connectivity index (χ4n) is 3.73. The number of nitrogens with zero attached hydrogens (tertiary/aromatic N) is 1. The Balaban J connectivity index is 1.75. The van der Waals surface area contributed by atoms with Crippen LogP contribution in [0.2, 0.25) is 0 Å². The molecule has 0 bridgehead atoms. The van der Waals surface area contributed by atoms with Crippen LogP contribution >= 0.6 is 0 Å². The molecular weight excluding hydrogens is 448 g/mol. The van der Waals surface area contributed by atoms with Crippen molar-refractivity contribution in [1.82, 2.24) is 10.3 Å². The highest BCUT2D eigenvalue weighted by Gasteiger charge is 2.29. The van der Waals surface area contributed by atoms with Crippen molar-refractivity contribution in [2.24, 2.45) is 0 Å². The van der Waals surface area contributed by atoms with E-state index in [0.29, 0.717) is 0 Å². The predicted molar refractivity (Wildman–Crippen MR) is 129 cm³/mol. The molecule has 0 unspecified atom stereocenters. The maximum atomic E-state index is 12.9. The molecule has 3 rings (SSSR count). The lowest BCUT2D eigenvalue weighted by molar-refractivity contribution is -0.150. The zero-order valence-electron chi connectivity index (χ0n) is 20.1. The number of benzene rings is 2. The van der Waals surface area contributed by atoms with Gasteiger partial charge < -0.3 is 19.5 Å². The van der Waals surface area contributed by atoms with Crippen LogP contribution in [0.15, 0.2) is 72.9 Å². The maximum Gasteiger partial charge on any atom is 0.328 e. The summed E-state index contributed by atoms with van der Waals surface area (Å²) in [6.45, 7) is 4.53. The summed E-state index contributed by atoms with van der Waals surface area (Å²) in [6, 6.07) is 20.0. The molecule has 35 heavy (non-hydrogen) atoms. The second kappa shape index (κ2) is 11.8. The molecule has 2 aromatic carbocycles. The van der Waals surface area contributed by atoms with Crippen LogP contribution in [0.4, 0.5) is 0 Å². The van der Waals surface area contributed by atoms with E-state index in [1.54, 1.807) is 0 Å². The number of hydrogen-bond acceptors (Lipinski definition) is 7. The number of ether oxygens (including phenoxy) is 3. The van der Waals surface area contributed by atoms with Gasteiger partial charge in [0, 0.05) is 25.1 Å². The first-order valence-electron chi connectivity index (χ1n) is 11.1. The highest BCUT2D eigenvalue weighted by Crippen LogP contribution is 2.31. The van der Waals surface area contributed by atoms with Crippen LogP contribution in [0.5, 0.6) is 11.5 Å². The Hall–Kier alpha value is -4.20. The van der Waals surface area contributed by atoms with Gasteiger partial charge in [-0.3, -0.25) is 9.59 Å². The number of amides is 1. The molecule has 0 saturated carbocycles. The normalized spacial score (nSPS) is 12.4. The highest BCUT2D eigenvalue weighted by atomic mass is 16.6. The molecule has 1 N–H and O–H groups in total. The van der Waals surface area contributed by atoms with Crippen LogP contribution in [0.1, 0.15) is 48.3 Å². The van der Waals surface area contributed by atoms with Crippen LogP contribution < -0.4 is 14.8 Å². The van der Waals surface area contributed by atoms with Gasteiger partial charge in [0.15, 0.2) is 11.4 Å². The van der Waals surface area contributed by atoms with Gasteiger partial charge in [0.2, 0.25) is 5.75 Å². The number of methoxy groups -OCH3 is 1. The summed E-state index contributed by atoms with van der Waals surface area (Å²) >= 11 is 0. The Kier molecular flexibility index (Phi) is 8.56. The molecular formula is C27H28N2O6.